The number of rotatable bonds is 4. The number of ether oxygens (including phenoxy) is 1. The zero-order chi connectivity index (χ0) is 17.1. The molecule has 2 aliphatic heterocycles. The Morgan fingerprint density at radius 1 is 1.21 bits per heavy atom. The highest BCUT2D eigenvalue weighted by molar-refractivity contribution is 6.01. The average Bonchev–Trinajstić information content (AvgIpc) is 2.97. The number of carbonyl (C=O) groups is 2. The minimum absolute atomic E-state index is 0.00497. The molecule has 2 heterocycles. The summed E-state index contributed by atoms with van der Waals surface area (Å²) in [6, 6.07) is 7.52. The SMILES string of the molecule is CCOc1ccccc1N1C[C@@H](C(=O)N2CCN(C)CC2)CC1=O. The van der Waals surface area contributed by atoms with E-state index in [9.17, 15) is 9.59 Å². The Morgan fingerprint density at radius 3 is 2.62 bits per heavy atom. The molecule has 0 saturated carbocycles. The number of amides is 2. The second-order valence-corrected chi connectivity index (χ2v) is 6.43. The lowest BCUT2D eigenvalue weighted by Gasteiger charge is -2.33. The lowest BCUT2D eigenvalue weighted by Crippen LogP contribution is -2.49. The van der Waals surface area contributed by atoms with Gasteiger partial charge in [0, 0.05) is 39.1 Å². The number of hydrogen-bond acceptors (Lipinski definition) is 4. The second kappa shape index (κ2) is 7.21. The number of piperazine rings is 1. The Bertz CT molecular complexity index is 611. The number of likely N-dealkylation sites (N-methyl/N-ethyl adjacent to an activating group) is 1. The van der Waals surface area contributed by atoms with Crippen LogP contribution in [0, 0.1) is 5.92 Å². The van der Waals surface area contributed by atoms with Gasteiger partial charge in [-0.05, 0) is 26.1 Å². The average molecular weight is 331 g/mol. The summed E-state index contributed by atoms with van der Waals surface area (Å²) in [6.07, 6.45) is 0.283. The van der Waals surface area contributed by atoms with E-state index in [-0.39, 0.29) is 24.2 Å². The second-order valence-electron chi connectivity index (χ2n) is 6.43. The molecule has 2 fully saturated rings. The third kappa shape index (κ3) is 3.38. The molecule has 0 spiro atoms. The first kappa shape index (κ1) is 16.8. The standard InChI is InChI=1S/C18H25N3O3/c1-3-24-16-7-5-4-6-15(16)21-13-14(12-17(21)22)18(23)20-10-8-19(2)9-11-20/h4-7,14H,3,8-13H2,1-2H3/t14-/m0/s1. The number of benzene rings is 1. The van der Waals surface area contributed by atoms with Crippen molar-refractivity contribution in [2.75, 3.05) is 51.3 Å². The minimum atomic E-state index is -0.254. The third-order valence-corrected chi connectivity index (χ3v) is 4.75. The molecule has 0 N–H and O–H groups in total. The lowest BCUT2D eigenvalue weighted by molar-refractivity contribution is -0.137. The summed E-state index contributed by atoms with van der Waals surface area (Å²) >= 11 is 0. The number of carbonyl (C=O) groups excluding carboxylic acids is 2. The van der Waals surface area contributed by atoms with Gasteiger partial charge in [-0.15, -0.1) is 0 Å². The molecular formula is C18H25N3O3. The van der Waals surface area contributed by atoms with Crippen LogP contribution in [-0.4, -0.2) is 68.0 Å². The van der Waals surface area contributed by atoms with Crippen LogP contribution < -0.4 is 9.64 Å². The highest BCUT2D eigenvalue weighted by Crippen LogP contribution is 2.33. The van der Waals surface area contributed by atoms with E-state index < -0.39 is 0 Å². The van der Waals surface area contributed by atoms with Gasteiger partial charge in [0.15, 0.2) is 0 Å². The maximum atomic E-state index is 12.7. The topological polar surface area (TPSA) is 53.1 Å². The van der Waals surface area contributed by atoms with Crippen LogP contribution in [0.4, 0.5) is 5.69 Å². The smallest absolute Gasteiger partial charge is 0.228 e. The molecule has 24 heavy (non-hydrogen) atoms. The summed E-state index contributed by atoms with van der Waals surface area (Å²) in [4.78, 5) is 31.0. The van der Waals surface area contributed by atoms with E-state index in [4.69, 9.17) is 4.74 Å². The van der Waals surface area contributed by atoms with Crippen LogP contribution in [0.5, 0.6) is 5.75 Å². The molecule has 0 radical (unpaired) electrons. The van der Waals surface area contributed by atoms with Crippen molar-refractivity contribution in [1.82, 2.24) is 9.80 Å². The Labute approximate surface area is 143 Å². The first-order valence-electron chi connectivity index (χ1n) is 8.59. The van der Waals surface area contributed by atoms with E-state index in [1.807, 2.05) is 36.1 Å². The van der Waals surface area contributed by atoms with Gasteiger partial charge in [-0.25, -0.2) is 0 Å². The zero-order valence-electron chi connectivity index (χ0n) is 14.4. The summed E-state index contributed by atoms with van der Waals surface area (Å²) in [6.45, 7) is 6.18. The predicted molar refractivity (Wildman–Crippen MR) is 92.1 cm³/mol. The van der Waals surface area contributed by atoms with Crippen LogP contribution in [0.2, 0.25) is 0 Å². The molecule has 0 bridgehead atoms. The molecule has 6 heteroatoms. The van der Waals surface area contributed by atoms with E-state index in [0.717, 1.165) is 31.9 Å². The van der Waals surface area contributed by atoms with Crippen molar-refractivity contribution in [2.24, 2.45) is 5.92 Å². The van der Waals surface area contributed by atoms with Crippen LogP contribution in [0.3, 0.4) is 0 Å². The van der Waals surface area contributed by atoms with Crippen LogP contribution in [0.25, 0.3) is 0 Å². The summed E-state index contributed by atoms with van der Waals surface area (Å²) in [5.74, 6) is 0.541. The normalized spacial score (nSPS) is 22.1. The van der Waals surface area contributed by atoms with Crippen molar-refractivity contribution in [3.63, 3.8) is 0 Å². The summed E-state index contributed by atoms with van der Waals surface area (Å²) in [7, 11) is 2.06. The number of anilines is 1. The molecule has 1 atom stereocenters. The first-order valence-corrected chi connectivity index (χ1v) is 8.59. The zero-order valence-corrected chi connectivity index (χ0v) is 14.4. The fraction of sp³-hybridized carbons (Fsp3) is 0.556. The maximum Gasteiger partial charge on any atom is 0.228 e. The largest absolute Gasteiger partial charge is 0.492 e. The van der Waals surface area contributed by atoms with E-state index in [1.165, 1.54) is 0 Å². The van der Waals surface area contributed by atoms with Gasteiger partial charge in [-0.2, -0.15) is 0 Å². The fourth-order valence-electron chi connectivity index (χ4n) is 3.35. The molecule has 6 nitrogen and oxygen atoms in total. The van der Waals surface area contributed by atoms with Crippen molar-refractivity contribution in [3.8, 4) is 5.75 Å². The van der Waals surface area contributed by atoms with Gasteiger partial charge >= 0.3 is 0 Å². The van der Waals surface area contributed by atoms with Crippen molar-refractivity contribution < 1.29 is 14.3 Å². The van der Waals surface area contributed by atoms with Gasteiger partial charge < -0.3 is 19.4 Å². The molecule has 1 aromatic rings. The van der Waals surface area contributed by atoms with Crippen LogP contribution in [0.15, 0.2) is 24.3 Å². The molecule has 0 aromatic heterocycles. The minimum Gasteiger partial charge on any atom is -0.492 e. The molecular weight excluding hydrogens is 306 g/mol. The highest BCUT2D eigenvalue weighted by atomic mass is 16.5. The molecule has 3 rings (SSSR count). The molecule has 2 saturated heterocycles. The fourth-order valence-corrected chi connectivity index (χ4v) is 3.35. The maximum absolute atomic E-state index is 12.7. The van der Waals surface area contributed by atoms with E-state index in [1.54, 1.807) is 4.90 Å². The van der Waals surface area contributed by atoms with Gasteiger partial charge in [0.25, 0.3) is 0 Å². The van der Waals surface area contributed by atoms with Crippen LogP contribution in [-0.2, 0) is 9.59 Å². The molecule has 2 amide bonds. The predicted octanol–water partition coefficient (Wildman–Crippen LogP) is 1.21. The summed E-state index contributed by atoms with van der Waals surface area (Å²) < 4.78 is 5.63. The molecule has 1 aromatic carbocycles. The molecule has 0 unspecified atom stereocenters. The van der Waals surface area contributed by atoms with Crippen LogP contribution in [0.1, 0.15) is 13.3 Å². The van der Waals surface area contributed by atoms with Crippen molar-refractivity contribution in [3.05, 3.63) is 24.3 Å². The van der Waals surface area contributed by atoms with Crippen molar-refractivity contribution >= 4 is 17.5 Å². The monoisotopic (exact) mass is 331 g/mol. The quantitative estimate of drug-likeness (QED) is 0.832. The Balaban J connectivity index is 1.71. The third-order valence-electron chi connectivity index (χ3n) is 4.75. The van der Waals surface area contributed by atoms with Gasteiger partial charge in [0.05, 0.1) is 18.2 Å². The Kier molecular flexibility index (Phi) is 5.04. The van der Waals surface area contributed by atoms with Gasteiger partial charge in [0.1, 0.15) is 5.75 Å². The van der Waals surface area contributed by atoms with Crippen molar-refractivity contribution in [2.45, 2.75) is 13.3 Å². The summed E-state index contributed by atoms with van der Waals surface area (Å²) in [5, 5.41) is 0. The highest BCUT2D eigenvalue weighted by Gasteiger charge is 2.38. The first-order chi connectivity index (χ1) is 11.6. The van der Waals surface area contributed by atoms with Crippen molar-refractivity contribution in [1.29, 1.82) is 0 Å². The Morgan fingerprint density at radius 2 is 1.92 bits per heavy atom. The number of para-hydroxylation sites is 2. The molecule has 130 valence electrons. The molecule has 2 aliphatic rings. The van der Waals surface area contributed by atoms with Gasteiger partial charge in [-0.3, -0.25) is 9.59 Å². The molecule has 0 aliphatic carbocycles. The van der Waals surface area contributed by atoms with Gasteiger partial charge in [-0.1, -0.05) is 12.1 Å². The van der Waals surface area contributed by atoms with Crippen LogP contribution >= 0.6 is 0 Å². The lowest BCUT2D eigenvalue weighted by atomic mass is 10.1. The van der Waals surface area contributed by atoms with E-state index in [0.29, 0.717) is 18.9 Å². The summed E-state index contributed by atoms with van der Waals surface area (Å²) in [5.41, 5.74) is 0.762. The van der Waals surface area contributed by atoms with E-state index in [2.05, 4.69) is 11.9 Å². The van der Waals surface area contributed by atoms with Gasteiger partial charge in [0.2, 0.25) is 11.8 Å². The number of nitrogens with zero attached hydrogens (tertiary/aromatic N) is 3. The Hall–Kier alpha value is -2.08. The van der Waals surface area contributed by atoms with E-state index >= 15 is 0 Å². The number of hydrogen-bond donors (Lipinski definition) is 0.